The first-order chi connectivity index (χ1) is 12.7. The largest absolute Gasteiger partial charge is 0.477 e. The van der Waals surface area contributed by atoms with Gasteiger partial charge >= 0.3 is 5.97 Å². The van der Waals surface area contributed by atoms with Crippen LogP contribution in [0.25, 0.3) is 0 Å². The molecule has 2 heterocycles. The van der Waals surface area contributed by atoms with Crippen LogP contribution in [0.1, 0.15) is 26.4 Å². The number of amides is 1. The second-order valence-corrected chi connectivity index (χ2v) is 8.28. The van der Waals surface area contributed by atoms with Crippen molar-refractivity contribution in [3.8, 4) is 0 Å². The molecule has 0 atom stereocenters. The highest BCUT2D eigenvalue weighted by Crippen LogP contribution is 2.19. The van der Waals surface area contributed by atoms with Crippen LogP contribution in [-0.4, -0.2) is 70.6 Å². The Morgan fingerprint density at radius 3 is 2.22 bits per heavy atom. The fourth-order valence-electron chi connectivity index (χ4n) is 3.01. The molecule has 2 aromatic rings. The van der Waals surface area contributed by atoms with Crippen molar-refractivity contribution in [1.29, 1.82) is 0 Å². The van der Waals surface area contributed by atoms with Crippen molar-refractivity contribution in [3.05, 3.63) is 47.3 Å². The van der Waals surface area contributed by atoms with Gasteiger partial charge in [0.2, 0.25) is 10.0 Å². The summed E-state index contributed by atoms with van der Waals surface area (Å²) in [5.74, 6) is -1.70. The molecule has 1 aromatic heterocycles. The molecule has 1 amide bonds. The Morgan fingerprint density at radius 1 is 1.07 bits per heavy atom. The van der Waals surface area contributed by atoms with E-state index in [1.165, 1.54) is 22.4 Å². The van der Waals surface area contributed by atoms with Gasteiger partial charge in [-0.3, -0.25) is 9.48 Å². The molecule has 0 spiro atoms. The van der Waals surface area contributed by atoms with Gasteiger partial charge in [0, 0.05) is 33.2 Å². The van der Waals surface area contributed by atoms with Gasteiger partial charge in [-0.1, -0.05) is 17.7 Å². The third-order valence-electron chi connectivity index (χ3n) is 4.56. The first-order valence-corrected chi connectivity index (χ1v) is 9.77. The molecular formula is C17H20N4O5S. The molecule has 0 saturated carbocycles. The van der Waals surface area contributed by atoms with Gasteiger partial charge in [-0.2, -0.15) is 9.40 Å². The van der Waals surface area contributed by atoms with E-state index in [0.29, 0.717) is 0 Å². The third kappa shape index (κ3) is 3.58. The smallest absolute Gasteiger partial charge is 0.354 e. The number of hydrogen-bond donors (Lipinski definition) is 1. The topological polar surface area (TPSA) is 113 Å². The highest BCUT2D eigenvalue weighted by atomic mass is 32.2. The molecule has 9 nitrogen and oxygen atoms in total. The van der Waals surface area contributed by atoms with Gasteiger partial charge in [-0.25, -0.2) is 13.2 Å². The maximum Gasteiger partial charge on any atom is 0.354 e. The van der Waals surface area contributed by atoms with E-state index in [1.54, 1.807) is 24.3 Å². The molecule has 144 valence electrons. The Hall–Kier alpha value is -2.72. The van der Waals surface area contributed by atoms with Gasteiger partial charge in [0.25, 0.3) is 5.91 Å². The van der Waals surface area contributed by atoms with E-state index in [4.69, 9.17) is 0 Å². The van der Waals surface area contributed by atoms with Crippen LogP contribution in [0.15, 0.2) is 35.4 Å². The molecule has 0 bridgehead atoms. The van der Waals surface area contributed by atoms with Crippen LogP contribution in [0, 0.1) is 6.92 Å². The number of hydrogen-bond acceptors (Lipinski definition) is 5. The summed E-state index contributed by atoms with van der Waals surface area (Å²) in [5.41, 5.74) is 0.782. The number of nitrogens with zero attached hydrogens (tertiary/aromatic N) is 4. The molecule has 1 aliphatic heterocycles. The average molecular weight is 392 g/mol. The van der Waals surface area contributed by atoms with Gasteiger partial charge in [-0.15, -0.1) is 0 Å². The maximum atomic E-state index is 12.7. The summed E-state index contributed by atoms with van der Waals surface area (Å²) < 4.78 is 27.9. The minimum Gasteiger partial charge on any atom is -0.477 e. The van der Waals surface area contributed by atoms with Gasteiger partial charge in [0.05, 0.1) is 16.7 Å². The highest BCUT2D eigenvalue weighted by molar-refractivity contribution is 7.89. The van der Waals surface area contributed by atoms with Crippen molar-refractivity contribution in [1.82, 2.24) is 19.0 Å². The molecule has 0 aliphatic carbocycles. The Balaban J connectivity index is 1.73. The lowest BCUT2D eigenvalue weighted by molar-refractivity contribution is 0.0648. The summed E-state index contributed by atoms with van der Waals surface area (Å²) in [4.78, 5) is 25.6. The number of aryl methyl sites for hydroxylation is 2. The Kier molecular flexibility index (Phi) is 5.03. The summed E-state index contributed by atoms with van der Waals surface area (Å²) in [6.07, 6.45) is 1.22. The van der Waals surface area contributed by atoms with E-state index in [1.807, 2.05) is 6.92 Å². The van der Waals surface area contributed by atoms with Gasteiger partial charge in [0.1, 0.15) is 0 Å². The zero-order chi connectivity index (χ0) is 19.8. The van der Waals surface area contributed by atoms with Crippen LogP contribution in [0.2, 0.25) is 0 Å². The van der Waals surface area contributed by atoms with Crippen LogP contribution >= 0.6 is 0 Å². The molecule has 10 heteroatoms. The molecule has 0 unspecified atom stereocenters. The number of carboxylic acids is 1. The van der Waals surface area contributed by atoms with Crippen LogP contribution in [0.3, 0.4) is 0 Å². The molecule has 1 aliphatic rings. The predicted molar refractivity (Wildman–Crippen MR) is 96.0 cm³/mol. The first-order valence-electron chi connectivity index (χ1n) is 8.33. The maximum absolute atomic E-state index is 12.7. The number of aromatic carboxylic acids is 1. The molecule has 3 rings (SSSR count). The lowest BCUT2D eigenvalue weighted by Gasteiger charge is -2.34. The fraction of sp³-hybridized carbons (Fsp3) is 0.353. The van der Waals surface area contributed by atoms with Gasteiger partial charge < -0.3 is 10.0 Å². The van der Waals surface area contributed by atoms with Gasteiger partial charge in [-0.05, 0) is 19.1 Å². The number of piperazine rings is 1. The van der Waals surface area contributed by atoms with E-state index >= 15 is 0 Å². The van der Waals surface area contributed by atoms with E-state index in [2.05, 4.69) is 5.10 Å². The van der Waals surface area contributed by atoms with Crippen LogP contribution in [0.5, 0.6) is 0 Å². The first kappa shape index (κ1) is 19.1. The number of carbonyl (C=O) groups is 2. The summed E-state index contributed by atoms with van der Waals surface area (Å²) in [5, 5.41) is 13.1. The van der Waals surface area contributed by atoms with E-state index in [-0.39, 0.29) is 42.3 Å². The number of benzene rings is 1. The highest BCUT2D eigenvalue weighted by Gasteiger charge is 2.32. The minimum atomic E-state index is -3.63. The number of rotatable bonds is 4. The minimum absolute atomic E-state index is 0.000147. The second kappa shape index (κ2) is 7.12. The molecule has 0 radical (unpaired) electrons. The fourth-order valence-corrected chi connectivity index (χ4v) is 4.43. The van der Waals surface area contributed by atoms with Crippen molar-refractivity contribution >= 4 is 21.9 Å². The Bertz CT molecular complexity index is 973. The lowest BCUT2D eigenvalue weighted by atomic mass is 10.2. The van der Waals surface area contributed by atoms with Crippen molar-refractivity contribution in [2.75, 3.05) is 26.2 Å². The molecule has 1 saturated heterocycles. The lowest BCUT2D eigenvalue weighted by Crippen LogP contribution is -2.50. The second-order valence-electron chi connectivity index (χ2n) is 6.34. The predicted octanol–water partition coefficient (Wildman–Crippen LogP) is 0.573. The number of carbonyl (C=O) groups excluding carboxylic acids is 1. The number of sulfonamides is 1. The van der Waals surface area contributed by atoms with Crippen LogP contribution in [0.4, 0.5) is 0 Å². The van der Waals surface area contributed by atoms with Gasteiger partial charge in [0.15, 0.2) is 5.69 Å². The molecule has 1 fully saturated rings. The quantitative estimate of drug-likeness (QED) is 0.814. The summed E-state index contributed by atoms with van der Waals surface area (Å²) >= 11 is 0. The summed E-state index contributed by atoms with van der Waals surface area (Å²) in [6.45, 7) is 2.52. The SMILES string of the molecule is Cc1ccc(S(=O)(=O)N2CCN(C(=O)c3cnn(C)c3C(=O)O)CC2)cc1. The Labute approximate surface area is 156 Å². The van der Waals surface area contributed by atoms with Crippen molar-refractivity contribution in [3.63, 3.8) is 0 Å². The summed E-state index contributed by atoms with van der Waals surface area (Å²) in [7, 11) is -2.17. The van der Waals surface area contributed by atoms with E-state index in [9.17, 15) is 23.1 Å². The molecular weight excluding hydrogens is 372 g/mol. The molecule has 27 heavy (non-hydrogen) atoms. The average Bonchev–Trinajstić information content (AvgIpc) is 3.03. The Morgan fingerprint density at radius 2 is 1.67 bits per heavy atom. The number of carboxylic acid groups (broad SMARTS) is 1. The standard InChI is InChI=1S/C17H20N4O5S/c1-12-3-5-13(6-4-12)27(25,26)21-9-7-20(8-10-21)16(22)14-11-18-19(2)15(14)17(23)24/h3-6,11H,7-10H2,1-2H3,(H,23,24). The number of aromatic nitrogens is 2. The van der Waals surface area contributed by atoms with Crippen molar-refractivity contribution in [2.24, 2.45) is 7.05 Å². The molecule has 1 aromatic carbocycles. The van der Waals surface area contributed by atoms with Crippen molar-refractivity contribution in [2.45, 2.75) is 11.8 Å². The normalized spacial score (nSPS) is 15.7. The zero-order valence-electron chi connectivity index (χ0n) is 15.0. The van der Waals surface area contributed by atoms with E-state index < -0.39 is 21.9 Å². The molecule has 1 N–H and O–H groups in total. The summed E-state index contributed by atoms with van der Waals surface area (Å²) in [6, 6.07) is 6.61. The van der Waals surface area contributed by atoms with Crippen molar-refractivity contribution < 1.29 is 23.1 Å². The van der Waals surface area contributed by atoms with Crippen LogP contribution < -0.4 is 0 Å². The zero-order valence-corrected chi connectivity index (χ0v) is 15.8. The van der Waals surface area contributed by atoms with E-state index in [0.717, 1.165) is 10.2 Å². The monoisotopic (exact) mass is 392 g/mol. The van der Waals surface area contributed by atoms with Crippen LogP contribution in [-0.2, 0) is 17.1 Å². The third-order valence-corrected chi connectivity index (χ3v) is 6.47.